The van der Waals surface area contributed by atoms with Crippen molar-refractivity contribution < 1.29 is 0 Å². The first-order valence-electron chi connectivity index (χ1n) is 7.95. The van der Waals surface area contributed by atoms with E-state index >= 15 is 0 Å². The average Bonchev–Trinajstić information content (AvgIpc) is 2.77. The first-order chi connectivity index (χ1) is 8.81. The van der Waals surface area contributed by atoms with Crippen LogP contribution in [0.25, 0.3) is 0 Å². The van der Waals surface area contributed by atoms with Gasteiger partial charge in [-0.3, -0.25) is 0 Å². The Morgan fingerprint density at radius 2 is 1.78 bits per heavy atom. The third-order valence-corrected chi connectivity index (χ3v) is 5.43. The van der Waals surface area contributed by atoms with Crippen LogP contribution in [0.1, 0.15) is 32.1 Å². The van der Waals surface area contributed by atoms with Gasteiger partial charge in [-0.05, 0) is 83.7 Å². The maximum absolute atomic E-state index is 3.87. The predicted octanol–water partition coefficient (Wildman–Crippen LogP) is 1.40. The summed E-state index contributed by atoms with van der Waals surface area (Å²) >= 11 is 0. The average molecular weight is 251 g/mol. The second kappa shape index (κ2) is 5.89. The zero-order valence-corrected chi connectivity index (χ0v) is 11.9. The Labute approximate surface area is 112 Å². The minimum absolute atomic E-state index is 0.829. The second-order valence-electron chi connectivity index (χ2n) is 6.73. The first-order valence-corrected chi connectivity index (χ1v) is 7.95. The summed E-state index contributed by atoms with van der Waals surface area (Å²) in [5.41, 5.74) is 0. The molecule has 3 atom stereocenters. The van der Waals surface area contributed by atoms with Crippen LogP contribution in [0.5, 0.6) is 0 Å². The van der Waals surface area contributed by atoms with E-state index in [0.29, 0.717) is 0 Å². The van der Waals surface area contributed by atoms with Crippen LogP contribution in [0, 0.1) is 11.8 Å². The number of hydrogen-bond acceptors (Lipinski definition) is 3. The number of rotatable bonds is 4. The van der Waals surface area contributed by atoms with E-state index in [2.05, 4.69) is 22.2 Å². The van der Waals surface area contributed by atoms with E-state index in [9.17, 15) is 0 Å². The molecule has 3 fully saturated rings. The molecule has 3 aliphatic heterocycles. The Morgan fingerprint density at radius 3 is 2.61 bits per heavy atom. The Hall–Kier alpha value is -0.120. The zero-order chi connectivity index (χ0) is 12.4. The predicted molar refractivity (Wildman–Crippen MR) is 75.8 cm³/mol. The monoisotopic (exact) mass is 251 g/mol. The largest absolute Gasteiger partial charge is 0.314 e. The molecule has 104 valence electrons. The van der Waals surface area contributed by atoms with E-state index in [4.69, 9.17) is 0 Å². The van der Waals surface area contributed by atoms with Crippen molar-refractivity contribution in [3.63, 3.8) is 0 Å². The highest BCUT2D eigenvalue weighted by Crippen LogP contribution is 2.27. The highest BCUT2D eigenvalue weighted by atomic mass is 15.2. The van der Waals surface area contributed by atoms with Crippen molar-refractivity contribution in [3.8, 4) is 0 Å². The van der Waals surface area contributed by atoms with Crippen molar-refractivity contribution in [1.29, 1.82) is 0 Å². The minimum atomic E-state index is 0.829. The van der Waals surface area contributed by atoms with E-state index in [1.165, 1.54) is 71.4 Å². The Bertz CT molecular complexity index is 260. The fourth-order valence-corrected chi connectivity index (χ4v) is 4.04. The van der Waals surface area contributed by atoms with E-state index in [0.717, 1.165) is 17.9 Å². The minimum Gasteiger partial charge on any atom is -0.314 e. The van der Waals surface area contributed by atoms with Gasteiger partial charge in [0.05, 0.1) is 0 Å². The van der Waals surface area contributed by atoms with Gasteiger partial charge in [0, 0.05) is 12.6 Å². The molecule has 3 heteroatoms. The third kappa shape index (κ3) is 3.06. The maximum atomic E-state index is 3.87. The molecule has 0 saturated carbocycles. The van der Waals surface area contributed by atoms with Gasteiger partial charge >= 0.3 is 0 Å². The lowest BCUT2D eigenvalue weighted by Gasteiger charge is -2.32. The standard InChI is InChI=1S/C15H29N3/c1-17-8-3-13(4-9-17)2-7-16-15-6-11-18-10-5-14(15)12-18/h13-16H,2-12H2,1H3. The van der Waals surface area contributed by atoms with Crippen LogP contribution in [0.4, 0.5) is 0 Å². The lowest BCUT2D eigenvalue weighted by molar-refractivity contribution is 0.197. The van der Waals surface area contributed by atoms with E-state index in [1.54, 1.807) is 0 Å². The van der Waals surface area contributed by atoms with Crippen LogP contribution in [-0.2, 0) is 0 Å². The van der Waals surface area contributed by atoms with Crippen molar-refractivity contribution >= 4 is 0 Å². The molecule has 0 aromatic carbocycles. The fraction of sp³-hybridized carbons (Fsp3) is 1.00. The molecule has 0 aromatic rings. The summed E-state index contributed by atoms with van der Waals surface area (Å²) in [6.45, 7) is 7.94. The highest BCUT2D eigenvalue weighted by molar-refractivity contribution is 4.90. The molecule has 0 radical (unpaired) electrons. The molecule has 3 saturated heterocycles. The number of piperidine rings is 2. The Morgan fingerprint density at radius 1 is 1.00 bits per heavy atom. The molecule has 0 aromatic heterocycles. The van der Waals surface area contributed by atoms with Gasteiger partial charge in [-0.25, -0.2) is 0 Å². The van der Waals surface area contributed by atoms with Crippen LogP contribution in [-0.4, -0.2) is 62.2 Å². The molecular formula is C15H29N3. The molecule has 3 rings (SSSR count). The summed E-state index contributed by atoms with van der Waals surface area (Å²) in [4.78, 5) is 5.11. The van der Waals surface area contributed by atoms with Crippen molar-refractivity contribution in [2.45, 2.75) is 38.1 Å². The van der Waals surface area contributed by atoms with Gasteiger partial charge < -0.3 is 15.1 Å². The topological polar surface area (TPSA) is 18.5 Å². The smallest absolute Gasteiger partial charge is 0.0120 e. The van der Waals surface area contributed by atoms with Crippen molar-refractivity contribution in [1.82, 2.24) is 15.1 Å². The van der Waals surface area contributed by atoms with Crippen LogP contribution >= 0.6 is 0 Å². The molecule has 3 nitrogen and oxygen atoms in total. The number of nitrogens with zero attached hydrogens (tertiary/aromatic N) is 2. The molecule has 0 aliphatic carbocycles. The normalized spacial score (nSPS) is 38.2. The van der Waals surface area contributed by atoms with E-state index in [-0.39, 0.29) is 0 Å². The molecule has 1 N–H and O–H groups in total. The number of likely N-dealkylation sites (tertiary alicyclic amines) is 1. The molecular weight excluding hydrogens is 222 g/mol. The zero-order valence-electron chi connectivity index (χ0n) is 11.9. The van der Waals surface area contributed by atoms with Gasteiger partial charge in [0.25, 0.3) is 0 Å². The lowest BCUT2D eigenvalue weighted by Crippen LogP contribution is -2.44. The van der Waals surface area contributed by atoms with Crippen LogP contribution in [0.2, 0.25) is 0 Å². The summed E-state index contributed by atoms with van der Waals surface area (Å²) in [7, 11) is 2.25. The molecule has 3 heterocycles. The van der Waals surface area contributed by atoms with Crippen LogP contribution in [0.15, 0.2) is 0 Å². The highest BCUT2D eigenvalue weighted by Gasteiger charge is 2.33. The van der Waals surface area contributed by atoms with Gasteiger partial charge in [0.2, 0.25) is 0 Å². The molecule has 3 aliphatic rings. The fourth-order valence-electron chi connectivity index (χ4n) is 4.04. The second-order valence-corrected chi connectivity index (χ2v) is 6.73. The third-order valence-electron chi connectivity index (χ3n) is 5.43. The lowest BCUT2D eigenvalue weighted by atomic mass is 9.92. The van der Waals surface area contributed by atoms with Crippen molar-refractivity contribution in [2.75, 3.05) is 46.3 Å². The van der Waals surface area contributed by atoms with Crippen LogP contribution in [0.3, 0.4) is 0 Å². The Kier molecular flexibility index (Phi) is 4.22. The van der Waals surface area contributed by atoms with Crippen molar-refractivity contribution in [2.24, 2.45) is 11.8 Å². The van der Waals surface area contributed by atoms with E-state index in [1.807, 2.05) is 0 Å². The summed E-state index contributed by atoms with van der Waals surface area (Å²) in [6, 6.07) is 0.829. The molecule has 2 bridgehead atoms. The van der Waals surface area contributed by atoms with Gasteiger partial charge in [-0.1, -0.05) is 0 Å². The number of nitrogens with one attached hydrogen (secondary N) is 1. The van der Waals surface area contributed by atoms with E-state index < -0.39 is 0 Å². The molecule has 18 heavy (non-hydrogen) atoms. The molecule has 3 unspecified atom stereocenters. The SMILES string of the molecule is CN1CCC(CCNC2CCN3CCC2C3)CC1. The first kappa shape index (κ1) is 12.9. The van der Waals surface area contributed by atoms with Gasteiger partial charge in [-0.2, -0.15) is 0 Å². The summed E-state index contributed by atoms with van der Waals surface area (Å²) in [5.74, 6) is 1.94. The van der Waals surface area contributed by atoms with Gasteiger partial charge in [-0.15, -0.1) is 0 Å². The van der Waals surface area contributed by atoms with Crippen molar-refractivity contribution in [3.05, 3.63) is 0 Å². The van der Waals surface area contributed by atoms with Crippen LogP contribution < -0.4 is 5.32 Å². The van der Waals surface area contributed by atoms with Gasteiger partial charge in [0.15, 0.2) is 0 Å². The number of fused-ring (bicyclic) bond motifs is 2. The number of hydrogen-bond donors (Lipinski definition) is 1. The summed E-state index contributed by atoms with van der Waals surface area (Å²) in [5, 5.41) is 3.87. The molecule has 0 amide bonds. The summed E-state index contributed by atoms with van der Waals surface area (Å²) < 4.78 is 0. The quantitative estimate of drug-likeness (QED) is 0.815. The van der Waals surface area contributed by atoms with Gasteiger partial charge in [0.1, 0.15) is 0 Å². The Balaban J connectivity index is 1.34. The summed E-state index contributed by atoms with van der Waals surface area (Å²) in [6.07, 6.45) is 7.06. The maximum Gasteiger partial charge on any atom is 0.0120 e. The molecule has 0 spiro atoms.